The first kappa shape index (κ1) is 15.8. The van der Waals surface area contributed by atoms with Gasteiger partial charge in [-0.2, -0.15) is 0 Å². The van der Waals surface area contributed by atoms with Crippen molar-refractivity contribution in [1.29, 1.82) is 0 Å². The third kappa shape index (κ3) is 3.85. The van der Waals surface area contributed by atoms with Crippen LogP contribution in [0.2, 0.25) is 0 Å². The maximum atomic E-state index is 10.0. The maximum Gasteiger partial charge on any atom is 0.126 e. The third-order valence-electron chi connectivity index (χ3n) is 3.15. The van der Waals surface area contributed by atoms with Gasteiger partial charge in [0.2, 0.25) is 0 Å². The Hall–Kier alpha value is -1.26. The van der Waals surface area contributed by atoms with Gasteiger partial charge in [-0.05, 0) is 32.9 Å². The Bertz CT molecular complexity index is 391. The molecule has 0 aliphatic carbocycles. The van der Waals surface area contributed by atoms with E-state index in [0.717, 1.165) is 23.5 Å². The molecule has 0 fully saturated rings. The van der Waals surface area contributed by atoms with Crippen molar-refractivity contribution in [2.45, 2.75) is 32.9 Å². The summed E-state index contributed by atoms with van der Waals surface area (Å²) >= 11 is 0. The average Bonchev–Trinajstić information content (AvgIpc) is 2.38. The van der Waals surface area contributed by atoms with Crippen molar-refractivity contribution in [3.8, 4) is 5.75 Å². The van der Waals surface area contributed by atoms with Crippen LogP contribution >= 0.6 is 0 Å². The lowest BCUT2D eigenvalue weighted by atomic mass is 10.0. The molecular formula is C15H25NO3. The van der Waals surface area contributed by atoms with E-state index in [9.17, 15) is 5.11 Å². The molecule has 1 N–H and O–H groups in total. The fourth-order valence-electron chi connectivity index (χ4n) is 2.23. The van der Waals surface area contributed by atoms with E-state index in [1.165, 1.54) is 0 Å². The molecule has 0 heterocycles. The summed E-state index contributed by atoms with van der Waals surface area (Å²) in [5.74, 6) is 0.718. The predicted octanol–water partition coefficient (Wildman–Crippen LogP) is 2.61. The van der Waals surface area contributed by atoms with Crippen LogP contribution in [0.1, 0.15) is 32.4 Å². The molecule has 0 aliphatic rings. The second-order valence-corrected chi connectivity index (χ2v) is 4.85. The number of ether oxygens (including phenoxy) is 2. The van der Waals surface area contributed by atoms with Crippen LogP contribution in [-0.4, -0.2) is 38.5 Å². The summed E-state index contributed by atoms with van der Waals surface area (Å²) in [7, 11) is 3.32. The number of methoxy groups -OCH3 is 2. The summed E-state index contributed by atoms with van der Waals surface area (Å²) in [6.07, 6.45) is -0.574. The van der Waals surface area contributed by atoms with Crippen molar-refractivity contribution in [2.24, 2.45) is 0 Å². The van der Waals surface area contributed by atoms with Crippen LogP contribution in [-0.2, 0) is 4.74 Å². The lowest BCUT2D eigenvalue weighted by Crippen LogP contribution is -2.34. The zero-order valence-electron chi connectivity index (χ0n) is 12.5. The Kier molecular flexibility index (Phi) is 6.12. The van der Waals surface area contributed by atoms with Crippen molar-refractivity contribution in [3.63, 3.8) is 0 Å². The molecule has 0 spiro atoms. The summed E-state index contributed by atoms with van der Waals surface area (Å²) in [6, 6.07) is 6.16. The molecule has 1 unspecified atom stereocenters. The monoisotopic (exact) mass is 267 g/mol. The first-order valence-electron chi connectivity index (χ1n) is 6.63. The number of anilines is 1. The molecule has 0 bridgehead atoms. The number of benzene rings is 1. The molecule has 1 rings (SSSR count). The molecule has 0 aromatic heterocycles. The van der Waals surface area contributed by atoms with Crippen molar-refractivity contribution in [3.05, 3.63) is 23.8 Å². The fraction of sp³-hybridized carbons (Fsp3) is 0.600. The number of hydrogen-bond donors (Lipinski definition) is 1. The molecular weight excluding hydrogens is 242 g/mol. The maximum absolute atomic E-state index is 10.0. The fourth-order valence-corrected chi connectivity index (χ4v) is 2.23. The average molecular weight is 267 g/mol. The molecule has 0 aliphatic heterocycles. The number of aliphatic hydroxyl groups is 1. The van der Waals surface area contributed by atoms with E-state index in [2.05, 4.69) is 18.7 Å². The molecule has 108 valence electrons. The molecule has 4 nitrogen and oxygen atoms in total. The van der Waals surface area contributed by atoms with Crippen molar-refractivity contribution in [2.75, 3.05) is 32.3 Å². The minimum Gasteiger partial charge on any atom is -0.496 e. The molecule has 0 saturated carbocycles. The number of rotatable bonds is 7. The van der Waals surface area contributed by atoms with Gasteiger partial charge in [0.25, 0.3) is 0 Å². The van der Waals surface area contributed by atoms with Crippen LogP contribution in [0.15, 0.2) is 18.2 Å². The second-order valence-electron chi connectivity index (χ2n) is 4.85. The highest BCUT2D eigenvalue weighted by Gasteiger charge is 2.20. The Morgan fingerprint density at radius 3 is 2.37 bits per heavy atom. The normalized spacial score (nSPS) is 12.6. The molecule has 4 heteroatoms. The summed E-state index contributed by atoms with van der Waals surface area (Å²) in [5, 5.41) is 10.0. The zero-order chi connectivity index (χ0) is 14.4. The van der Waals surface area contributed by atoms with E-state index in [0.29, 0.717) is 12.6 Å². The molecule has 1 aromatic carbocycles. The third-order valence-corrected chi connectivity index (χ3v) is 3.15. The van der Waals surface area contributed by atoms with E-state index < -0.39 is 6.10 Å². The van der Waals surface area contributed by atoms with E-state index >= 15 is 0 Å². The molecule has 0 amide bonds. The van der Waals surface area contributed by atoms with Gasteiger partial charge in [0, 0.05) is 30.9 Å². The van der Waals surface area contributed by atoms with E-state index in [4.69, 9.17) is 9.47 Å². The molecule has 1 aromatic rings. The van der Waals surface area contributed by atoms with Gasteiger partial charge in [0.05, 0.1) is 19.8 Å². The van der Waals surface area contributed by atoms with Crippen LogP contribution < -0.4 is 9.64 Å². The van der Waals surface area contributed by atoms with Crippen molar-refractivity contribution >= 4 is 5.69 Å². The van der Waals surface area contributed by atoms with Gasteiger partial charge in [0.1, 0.15) is 5.75 Å². The van der Waals surface area contributed by atoms with Crippen LogP contribution in [0.3, 0.4) is 0 Å². The van der Waals surface area contributed by atoms with Crippen LogP contribution in [0.4, 0.5) is 5.69 Å². The molecule has 1 atom stereocenters. The summed E-state index contributed by atoms with van der Waals surface area (Å²) in [5.41, 5.74) is 1.83. The second kappa shape index (κ2) is 7.36. The van der Waals surface area contributed by atoms with Gasteiger partial charge < -0.3 is 19.5 Å². The van der Waals surface area contributed by atoms with Crippen molar-refractivity contribution in [1.82, 2.24) is 0 Å². The summed E-state index contributed by atoms with van der Waals surface area (Å²) in [6.45, 7) is 7.44. The van der Waals surface area contributed by atoms with E-state index in [1.807, 2.05) is 18.2 Å². The molecule has 0 radical (unpaired) electrons. The number of hydrogen-bond acceptors (Lipinski definition) is 4. The van der Waals surface area contributed by atoms with Gasteiger partial charge in [-0.1, -0.05) is 6.07 Å². The highest BCUT2D eigenvalue weighted by molar-refractivity contribution is 5.61. The van der Waals surface area contributed by atoms with E-state index in [1.54, 1.807) is 21.1 Å². The van der Waals surface area contributed by atoms with Gasteiger partial charge in [-0.15, -0.1) is 0 Å². The highest BCUT2D eigenvalue weighted by Crippen LogP contribution is 2.35. The lowest BCUT2D eigenvalue weighted by molar-refractivity contribution is 0.192. The summed E-state index contributed by atoms with van der Waals surface area (Å²) in [4.78, 5) is 2.22. The van der Waals surface area contributed by atoms with Crippen molar-refractivity contribution < 1.29 is 14.6 Å². The smallest absolute Gasteiger partial charge is 0.126 e. The Balaban J connectivity index is 3.21. The molecule has 0 saturated heterocycles. The highest BCUT2D eigenvalue weighted by atomic mass is 16.5. The predicted molar refractivity (Wildman–Crippen MR) is 78.0 cm³/mol. The number of aliphatic hydroxyl groups excluding tert-OH is 1. The standard InChI is InChI=1S/C15H25NO3/c1-11(2)16(9-10-18-4)13-7-6-8-14(19-5)15(13)12(3)17/h6-8,11-12,17H,9-10H2,1-5H3. The summed E-state index contributed by atoms with van der Waals surface area (Å²) < 4.78 is 10.5. The quantitative estimate of drug-likeness (QED) is 0.824. The van der Waals surface area contributed by atoms with Crippen LogP contribution in [0, 0.1) is 0 Å². The molecule has 19 heavy (non-hydrogen) atoms. The number of nitrogens with zero attached hydrogens (tertiary/aromatic N) is 1. The van der Waals surface area contributed by atoms with Gasteiger partial charge in [-0.3, -0.25) is 0 Å². The van der Waals surface area contributed by atoms with Crippen LogP contribution in [0.5, 0.6) is 5.75 Å². The zero-order valence-corrected chi connectivity index (χ0v) is 12.5. The Labute approximate surface area is 115 Å². The Morgan fingerprint density at radius 2 is 1.89 bits per heavy atom. The first-order valence-corrected chi connectivity index (χ1v) is 6.63. The van der Waals surface area contributed by atoms with Gasteiger partial charge in [0.15, 0.2) is 0 Å². The van der Waals surface area contributed by atoms with Gasteiger partial charge >= 0.3 is 0 Å². The minimum absolute atomic E-state index is 0.319. The topological polar surface area (TPSA) is 41.9 Å². The lowest BCUT2D eigenvalue weighted by Gasteiger charge is -2.32. The first-order chi connectivity index (χ1) is 9.02. The minimum atomic E-state index is -0.574. The SMILES string of the molecule is COCCN(c1cccc(OC)c1C(C)O)C(C)C. The Morgan fingerprint density at radius 1 is 1.21 bits per heavy atom. The van der Waals surface area contributed by atoms with E-state index in [-0.39, 0.29) is 0 Å². The van der Waals surface area contributed by atoms with Crippen LogP contribution in [0.25, 0.3) is 0 Å². The van der Waals surface area contributed by atoms with Gasteiger partial charge in [-0.25, -0.2) is 0 Å². The largest absolute Gasteiger partial charge is 0.496 e.